The predicted molar refractivity (Wildman–Crippen MR) is 79.7 cm³/mol. The Morgan fingerprint density at radius 1 is 1.39 bits per heavy atom. The molecule has 0 aromatic carbocycles. The van der Waals surface area contributed by atoms with Crippen LogP contribution in [0.5, 0.6) is 0 Å². The van der Waals surface area contributed by atoms with Gasteiger partial charge in [0.1, 0.15) is 5.03 Å². The van der Waals surface area contributed by atoms with Crippen LogP contribution in [0.1, 0.15) is 6.92 Å². The summed E-state index contributed by atoms with van der Waals surface area (Å²) in [4.78, 5) is 8.59. The Labute approximate surface area is 126 Å². The molecule has 0 saturated heterocycles. The summed E-state index contributed by atoms with van der Waals surface area (Å²) in [7, 11) is 0. The minimum Gasteiger partial charge on any atom is -0.354 e. The van der Waals surface area contributed by atoms with Gasteiger partial charge in [0.05, 0.1) is 4.47 Å². The molecule has 0 unspecified atom stereocenters. The zero-order valence-corrected chi connectivity index (χ0v) is 13.7. The lowest BCUT2D eigenvalue weighted by Crippen LogP contribution is -2.02. The Kier molecular flexibility index (Phi) is 5.22. The molecule has 0 aliphatic carbocycles. The Bertz CT molecular complexity index is 533. The molecule has 2 aromatic heterocycles. The van der Waals surface area contributed by atoms with Gasteiger partial charge in [-0.15, -0.1) is 10.2 Å². The zero-order chi connectivity index (χ0) is 13.0. The van der Waals surface area contributed by atoms with Gasteiger partial charge in [0, 0.05) is 12.7 Å². The van der Waals surface area contributed by atoms with Crippen molar-refractivity contribution in [1.29, 1.82) is 0 Å². The van der Waals surface area contributed by atoms with Crippen LogP contribution in [0.3, 0.4) is 0 Å². The maximum atomic E-state index is 4.42. The van der Waals surface area contributed by atoms with Crippen molar-refractivity contribution >= 4 is 56.7 Å². The first-order valence-electron chi connectivity index (χ1n) is 5.04. The van der Waals surface area contributed by atoms with E-state index >= 15 is 0 Å². The van der Waals surface area contributed by atoms with Crippen molar-refractivity contribution in [3.63, 3.8) is 0 Å². The van der Waals surface area contributed by atoms with Crippen molar-refractivity contribution < 1.29 is 0 Å². The molecule has 18 heavy (non-hydrogen) atoms. The average Bonchev–Trinajstić information content (AvgIpc) is 2.81. The van der Waals surface area contributed by atoms with Crippen molar-refractivity contribution in [2.75, 3.05) is 18.1 Å². The fourth-order valence-corrected chi connectivity index (χ4v) is 3.84. The fraction of sp³-hybridized carbons (Fsp3) is 0.333. The van der Waals surface area contributed by atoms with Crippen LogP contribution in [0, 0.1) is 0 Å². The molecule has 0 spiro atoms. The molecule has 0 bridgehead atoms. The van der Waals surface area contributed by atoms with Crippen LogP contribution in [0.25, 0.3) is 0 Å². The van der Waals surface area contributed by atoms with E-state index in [-0.39, 0.29) is 0 Å². The third-order valence-corrected chi connectivity index (χ3v) is 5.59. The molecule has 0 radical (unpaired) electrons. The molecule has 0 aliphatic heterocycles. The molecule has 0 fully saturated rings. The third-order valence-electron chi connectivity index (χ3n) is 1.79. The predicted octanol–water partition coefficient (Wildman–Crippen LogP) is 3.40. The molecule has 0 aliphatic rings. The SMILES string of the molecule is CCNc1ncc(Br)c(Sc2nnc(SC)s2)n1. The van der Waals surface area contributed by atoms with Gasteiger partial charge in [-0.2, -0.15) is 0 Å². The molecular formula is C9H10BrN5S3. The average molecular weight is 364 g/mol. The molecule has 5 nitrogen and oxygen atoms in total. The van der Waals surface area contributed by atoms with Gasteiger partial charge < -0.3 is 5.32 Å². The molecule has 1 N–H and O–H groups in total. The van der Waals surface area contributed by atoms with Crippen LogP contribution in [0.4, 0.5) is 5.95 Å². The fourth-order valence-electron chi connectivity index (χ4n) is 1.07. The molecule has 0 saturated carbocycles. The van der Waals surface area contributed by atoms with Crippen molar-refractivity contribution in [2.45, 2.75) is 20.6 Å². The number of anilines is 1. The van der Waals surface area contributed by atoms with Crippen molar-refractivity contribution in [2.24, 2.45) is 0 Å². The maximum Gasteiger partial charge on any atom is 0.223 e. The largest absolute Gasteiger partial charge is 0.354 e. The number of nitrogens with one attached hydrogen (secondary N) is 1. The summed E-state index contributed by atoms with van der Waals surface area (Å²) in [6.07, 6.45) is 3.72. The number of aromatic nitrogens is 4. The Hall–Kier alpha value is -0.380. The van der Waals surface area contributed by atoms with Gasteiger partial charge in [0.25, 0.3) is 0 Å². The van der Waals surface area contributed by atoms with Crippen molar-refractivity contribution in [3.05, 3.63) is 10.7 Å². The summed E-state index contributed by atoms with van der Waals surface area (Å²) in [5.74, 6) is 0.623. The highest BCUT2D eigenvalue weighted by atomic mass is 79.9. The first-order valence-corrected chi connectivity index (χ1v) is 8.69. The second-order valence-corrected chi connectivity index (χ2v) is 7.14. The molecule has 2 heterocycles. The van der Waals surface area contributed by atoms with E-state index in [9.17, 15) is 0 Å². The van der Waals surface area contributed by atoms with E-state index in [1.54, 1.807) is 29.3 Å². The van der Waals surface area contributed by atoms with Gasteiger partial charge in [-0.25, -0.2) is 9.97 Å². The second kappa shape index (κ2) is 6.69. The molecular weight excluding hydrogens is 354 g/mol. The topological polar surface area (TPSA) is 63.6 Å². The number of hydrogen-bond acceptors (Lipinski definition) is 8. The first-order chi connectivity index (χ1) is 8.72. The Balaban J connectivity index is 2.19. The minimum absolute atomic E-state index is 0.623. The third kappa shape index (κ3) is 3.56. The number of halogens is 1. The van der Waals surface area contributed by atoms with E-state index in [0.717, 1.165) is 24.7 Å². The molecule has 2 aromatic rings. The second-order valence-electron chi connectivity index (χ2n) is 3.02. The summed E-state index contributed by atoms with van der Waals surface area (Å²) in [5, 5.41) is 12.1. The molecule has 2 rings (SSSR count). The lowest BCUT2D eigenvalue weighted by Gasteiger charge is -2.04. The van der Waals surface area contributed by atoms with Crippen LogP contribution in [0.15, 0.2) is 24.4 Å². The number of thioether (sulfide) groups is 1. The Morgan fingerprint density at radius 2 is 2.17 bits per heavy atom. The van der Waals surface area contributed by atoms with Gasteiger partial charge in [-0.3, -0.25) is 0 Å². The monoisotopic (exact) mass is 363 g/mol. The highest BCUT2D eigenvalue weighted by molar-refractivity contribution is 9.10. The van der Waals surface area contributed by atoms with Gasteiger partial charge in [-0.1, -0.05) is 23.1 Å². The van der Waals surface area contributed by atoms with E-state index in [4.69, 9.17) is 0 Å². The van der Waals surface area contributed by atoms with Gasteiger partial charge in [0.15, 0.2) is 8.68 Å². The standard InChI is InChI=1S/C9H10BrN5S3/c1-3-11-7-12-4-5(10)6(13-7)17-9-15-14-8(16-2)18-9/h4H,3H2,1-2H3,(H,11,12,13). The smallest absolute Gasteiger partial charge is 0.223 e. The number of rotatable bonds is 5. The summed E-state index contributed by atoms with van der Waals surface area (Å²) >= 11 is 8.07. The molecule has 0 amide bonds. The number of nitrogens with zero attached hydrogens (tertiary/aromatic N) is 4. The van der Waals surface area contributed by atoms with E-state index < -0.39 is 0 Å². The van der Waals surface area contributed by atoms with Crippen LogP contribution < -0.4 is 5.32 Å². The van der Waals surface area contributed by atoms with Gasteiger partial charge in [-0.05, 0) is 40.9 Å². The van der Waals surface area contributed by atoms with E-state index in [1.807, 2.05) is 13.2 Å². The lowest BCUT2D eigenvalue weighted by molar-refractivity contribution is 0.949. The van der Waals surface area contributed by atoms with Crippen LogP contribution in [-0.2, 0) is 0 Å². The first kappa shape index (κ1) is 14.0. The van der Waals surface area contributed by atoms with Crippen LogP contribution in [0.2, 0.25) is 0 Å². The lowest BCUT2D eigenvalue weighted by atomic mass is 10.6. The molecule has 96 valence electrons. The quantitative estimate of drug-likeness (QED) is 0.644. The zero-order valence-electron chi connectivity index (χ0n) is 9.68. The minimum atomic E-state index is 0.623. The van der Waals surface area contributed by atoms with Crippen LogP contribution >= 0.6 is 50.8 Å². The summed E-state index contributed by atoms with van der Waals surface area (Å²) < 4.78 is 2.69. The van der Waals surface area contributed by atoms with Gasteiger partial charge in [0.2, 0.25) is 5.95 Å². The van der Waals surface area contributed by atoms with E-state index in [2.05, 4.69) is 41.4 Å². The normalized spacial score (nSPS) is 10.6. The summed E-state index contributed by atoms with van der Waals surface area (Å²) in [6, 6.07) is 0. The van der Waals surface area contributed by atoms with Crippen molar-refractivity contribution in [3.8, 4) is 0 Å². The molecule has 0 atom stereocenters. The Morgan fingerprint density at radius 3 is 2.83 bits per heavy atom. The van der Waals surface area contributed by atoms with Crippen molar-refractivity contribution in [1.82, 2.24) is 20.2 Å². The maximum absolute atomic E-state index is 4.42. The highest BCUT2D eigenvalue weighted by Gasteiger charge is 2.10. The summed E-state index contributed by atoms with van der Waals surface area (Å²) in [6.45, 7) is 2.80. The van der Waals surface area contributed by atoms with Gasteiger partial charge >= 0.3 is 0 Å². The summed E-state index contributed by atoms with van der Waals surface area (Å²) in [5.41, 5.74) is 0. The van der Waals surface area contributed by atoms with E-state index in [0.29, 0.717) is 5.95 Å². The molecule has 9 heteroatoms. The highest BCUT2D eigenvalue weighted by Crippen LogP contribution is 2.35. The number of hydrogen-bond donors (Lipinski definition) is 1. The van der Waals surface area contributed by atoms with Crippen LogP contribution in [-0.4, -0.2) is 33.0 Å². The van der Waals surface area contributed by atoms with E-state index in [1.165, 1.54) is 11.8 Å².